The van der Waals surface area contributed by atoms with Crippen LogP contribution in [0.2, 0.25) is 5.02 Å². The van der Waals surface area contributed by atoms with Crippen LogP contribution in [0.4, 0.5) is 0 Å². The molecule has 3 nitrogen and oxygen atoms in total. The lowest BCUT2D eigenvalue weighted by Crippen LogP contribution is -2.37. The van der Waals surface area contributed by atoms with E-state index in [9.17, 15) is 0 Å². The molecule has 1 aromatic rings. The summed E-state index contributed by atoms with van der Waals surface area (Å²) < 4.78 is 5.68. The van der Waals surface area contributed by atoms with E-state index in [1.165, 1.54) is 0 Å². The summed E-state index contributed by atoms with van der Waals surface area (Å²) in [5.41, 5.74) is 0. The number of aromatic nitrogens is 1. The average Bonchev–Trinajstić information content (AvgIpc) is 2.23. The molecule has 0 aromatic carbocycles. The second-order valence-electron chi connectivity index (χ2n) is 3.40. The van der Waals surface area contributed by atoms with Gasteiger partial charge in [-0.1, -0.05) is 11.6 Å². The molecule has 1 N–H and O–H groups in total. The lowest BCUT2D eigenvalue weighted by Gasteiger charge is -2.23. The molecule has 2 heterocycles. The van der Waals surface area contributed by atoms with Gasteiger partial charge < -0.3 is 10.1 Å². The summed E-state index contributed by atoms with van der Waals surface area (Å²) in [4.78, 5) is 4.09. The van der Waals surface area contributed by atoms with Crippen molar-refractivity contribution < 1.29 is 4.74 Å². The van der Waals surface area contributed by atoms with Crippen molar-refractivity contribution in [1.82, 2.24) is 10.3 Å². The number of piperidine rings is 1. The molecule has 14 heavy (non-hydrogen) atoms. The van der Waals surface area contributed by atoms with Crippen molar-refractivity contribution in [3.8, 4) is 5.88 Å². The van der Waals surface area contributed by atoms with Crippen molar-refractivity contribution in [2.45, 2.75) is 18.9 Å². The first kappa shape index (κ1) is 9.74. The monoisotopic (exact) mass is 212 g/mol. The standard InChI is InChI=1S/C10H13ClN2O/c11-8-3-4-10(13-6-8)14-9-2-1-5-12-7-9/h3-4,6,9,12H,1-2,5,7H2/t9-/m1/s1. The molecule has 2 rings (SSSR count). The van der Waals surface area contributed by atoms with E-state index in [0.717, 1.165) is 25.9 Å². The number of rotatable bonds is 2. The van der Waals surface area contributed by atoms with Crippen molar-refractivity contribution >= 4 is 11.6 Å². The molecule has 0 bridgehead atoms. The fourth-order valence-electron chi connectivity index (χ4n) is 1.52. The molecule has 1 aliphatic rings. The van der Waals surface area contributed by atoms with Gasteiger partial charge in [0.25, 0.3) is 0 Å². The molecule has 4 heteroatoms. The van der Waals surface area contributed by atoms with Gasteiger partial charge in [0.15, 0.2) is 0 Å². The fourth-order valence-corrected chi connectivity index (χ4v) is 1.63. The number of pyridine rings is 1. The summed E-state index contributed by atoms with van der Waals surface area (Å²) in [5.74, 6) is 0.656. The normalized spacial score (nSPS) is 21.9. The van der Waals surface area contributed by atoms with Gasteiger partial charge in [-0.05, 0) is 25.5 Å². The van der Waals surface area contributed by atoms with Crippen molar-refractivity contribution in [1.29, 1.82) is 0 Å². The summed E-state index contributed by atoms with van der Waals surface area (Å²) in [6.07, 6.45) is 4.11. The summed E-state index contributed by atoms with van der Waals surface area (Å²) in [5, 5.41) is 3.93. The highest BCUT2D eigenvalue weighted by Gasteiger charge is 2.14. The molecule has 0 saturated carbocycles. The molecule has 0 radical (unpaired) electrons. The first-order valence-electron chi connectivity index (χ1n) is 4.83. The first-order chi connectivity index (χ1) is 6.84. The van der Waals surface area contributed by atoms with Crippen LogP contribution in [0.25, 0.3) is 0 Å². The Kier molecular flexibility index (Phi) is 3.22. The Balaban J connectivity index is 1.92. The van der Waals surface area contributed by atoms with E-state index in [-0.39, 0.29) is 6.10 Å². The third-order valence-corrected chi connectivity index (χ3v) is 2.46. The second kappa shape index (κ2) is 4.62. The number of hydrogen-bond donors (Lipinski definition) is 1. The quantitative estimate of drug-likeness (QED) is 0.813. The fraction of sp³-hybridized carbons (Fsp3) is 0.500. The molecule has 0 amide bonds. The average molecular weight is 213 g/mol. The Morgan fingerprint density at radius 1 is 1.50 bits per heavy atom. The lowest BCUT2D eigenvalue weighted by molar-refractivity contribution is 0.160. The molecule has 1 aromatic heterocycles. The third-order valence-electron chi connectivity index (χ3n) is 2.24. The number of nitrogens with zero attached hydrogens (tertiary/aromatic N) is 1. The molecule has 0 spiro atoms. The maximum atomic E-state index is 5.72. The Labute approximate surface area is 88.4 Å². The van der Waals surface area contributed by atoms with Gasteiger partial charge in [-0.3, -0.25) is 0 Å². The summed E-state index contributed by atoms with van der Waals surface area (Å²) in [6.45, 7) is 2.00. The van der Waals surface area contributed by atoms with Gasteiger partial charge in [-0.25, -0.2) is 4.98 Å². The minimum atomic E-state index is 0.248. The van der Waals surface area contributed by atoms with Gasteiger partial charge in [0.1, 0.15) is 6.10 Å². The molecule has 1 atom stereocenters. The predicted octanol–water partition coefficient (Wildman–Crippen LogP) is 1.87. The van der Waals surface area contributed by atoms with E-state index < -0.39 is 0 Å². The van der Waals surface area contributed by atoms with Crippen LogP contribution in [0.1, 0.15) is 12.8 Å². The molecule has 76 valence electrons. The highest BCUT2D eigenvalue weighted by molar-refractivity contribution is 6.30. The summed E-state index contributed by atoms with van der Waals surface area (Å²) >= 11 is 5.72. The maximum absolute atomic E-state index is 5.72. The Morgan fingerprint density at radius 2 is 2.43 bits per heavy atom. The van der Waals surface area contributed by atoms with Gasteiger partial charge >= 0.3 is 0 Å². The van der Waals surface area contributed by atoms with Gasteiger partial charge in [0.2, 0.25) is 5.88 Å². The van der Waals surface area contributed by atoms with Crippen LogP contribution in [-0.2, 0) is 0 Å². The zero-order chi connectivity index (χ0) is 9.80. The lowest BCUT2D eigenvalue weighted by atomic mass is 10.1. The van der Waals surface area contributed by atoms with Crippen molar-refractivity contribution in [2.75, 3.05) is 13.1 Å². The van der Waals surface area contributed by atoms with E-state index in [1.807, 2.05) is 0 Å². The molecule has 1 fully saturated rings. The smallest absolute Gasteiger partial charge is 0.213 e. The SMILES string of the molecule is Clc1ccc(O[C@@H]2CCCNC2)nc1. The van der Waals surface area contributed by atoms with Crippen LogP contribution in [-0.4, -0.2) is 24.2 Å². The molecular formula is C10H13ClN2O. The van der Waals surface area contributed by atoms with Crippen molar-refractivity contribution in [3.05, 3.63) is 23.4 Å². The zero-order valence-corrected chi connectivity index (χ0v) is 8.63. The van der Waals surface area contributed by atoms with Gasteiger partial charge in [0, 0.05) is 18.8 Å². The van der Waals surface area contributed by atoms with Crippen LogP contribution in [0.3, 0.4) is 0 Å². The van der Waals surface area contributed by atoms with Crippen LogP contribution in [0.5, 0.6) is 5.88 Å². The number of ether oxygens (including phenoxy) is 1. The number of hydrogen-bond acceptors (Lipinski definition) is 3. The highest BCUT2D eigenvalue weighted by atomic mass is 35.5. The number of nitrogens with one attached hydrogen (secondary N) is 1. The van der Waals surface area contributed by atoms with E-state index in [0.29, 0.717) is 10.9 Å². The maximum Gasteiger partial charge on any atom is 0.213 e. The van der Waals surface area contributed by atoms with E-state index in [4.69, 9.17) is 16.3 Å². The molecule has 1 aliphatic heterocycles. The van der Waals surface area contributed by atoms with Crippen LogP contribution < -0.4 is 10.1 Å². The first-order valence-corrected chi connectivity index (χ1v) is 5.21. The summed E-state index contributed by atoms with van der Waals surface area (Å²) in [6, 6.07) is 3.59. The topological polar surface area (TPSA) is 34.1 Å². The van der Waals surface area contributed by atoms with Gasteiger partial charge in [0.05, 0.1) is 5.02 Å². The Morgan fingerprint density at radius 3 is 3.07 bits per heavy atom. The van der Waals surface area contributed by atoms with Gasteiger partial charge in [-0.2, -0.15) is 0 Å². The van der Waals surface area contributed by atoms with Crippen LogP contribution in [0, 0.1) is 0 Å². The van der Waals surface area contributed by atoms with E-state index in [1.54, 1.807) is 18.3 Å². The molecule has 1 saturated heterocycles. The highest BCUT2D eigenvalue weighted by Crippen LogP contribution is 2.15. The molecule has 0 unspecified atom stereocenters. The predicted molar refractivity (Wildman–Crippen MR) is 55.8 cm³/mol. The van der Waals surface area contributed by atoms with Crippen LogP contribution >= 0.6 is 11.6 Å². The largest absolute Gasteiger partial charge is 0.473 e. The Bertz CT molecular complexity index is 283. The Hall–Kier alpha value is -0.800. The minimum Gasteiger partial charge on any atom is -0.473 e. The van der Waals surface area contributed by atoms with Gasteiger partial charge in [-0.15, -0.1) is 0 Å². The molecular weight excluding hydrogens is 200 g/mol. The van der Waals surface area contributed by atoms with Crippen molar-refractivity contribution in [3.63, 3.8) is 0 Å². The number of halogens is 1. The zero-order valence-electron chi connectivity index (χ0n) is 7.87. The third kappa shape index (κ3) is 2.59. The van der Waals surface area contributed by atoms with Crippen molar-refractivity contribution in [2.24, 2.45) is 0 Å². The molecule has 0 aliphatic carbocycles. The second-order valence-corrected chi connectivity index (χ2v) is 3.84. The van der Waals surface area contributed by atoms with Crippen LogP contribution in [0.15, 0.2) is 18.3 Å². The summed E-state index contributed by atoms with van der Waals surface area (Å²) in [7, 11) is 0. The minimum absolute atomic E-state index is 0.248. The van der Waals surface area contributed by atoms with E-state index in [2.05, 4.69) is 10.3 Å². The van der Waals surface area contributed by atoms with E-state index >= 15 is 0 Å².